The Hall–Kier alpha value is -1.50. The van der Waals surface area contributed by atoms with Gasteiger partial charge in [0.25, 0.3) is 0 Å². The van der Waals surface area contributed by atoms with Crippen molar-refractivity contribution in [2.45, 2.75) is 52.8 Å². The first-order valence-corrected chi connectivity index (χ1v) is 10.7. The van der Waals surface area contributed by atoms with Crippen molar-refractivity contribution in [3.05, 3.63) is 60.5 Å². The van der Waals surface area contributed by atoms with E-state index in [0.29, 0.717) is 0 Å². The molecule has 0 radical (unpaired) electrons. The van der Waals surface area contributed by atoms with Crippen LogP contribution < -0.4 is 0 Å². The molecule has 0 bridgehead atoms. The van der Waals surface area contributed by atoms with Gasteiger partial charge in [-0.15, -0.1) is 5.73 Å². The van der Waals surface area contributed by atoms with Crippen molar-refractivity contribution in [3.8, 4) is 0 Å². The Kier molecular flexibility index (Phi) is 6.46. The average molecular weight is 315 g/mol. The Morgan fingerprint density at radius 2 is 1.59 bits per heavy atom. The molecule has 0 spiro atoms. The van der Waals surface area contributed by atoms with Gasteiger partial charge in [0.05, 0.1) is 11.2 Å². The van der Waals surface area contributed by atoms with E-state index in [0.717, 1.165) is 35.0 Å². The van der Waals surface area contributed by atoms with E-state index in [-0.39, 0.29) is 5.41 Å². The Balaban J connectivity index is 3.12. The zero-order valence-corrected chi connectivity index (χ0v) is 15.8. The Labute approximate surface area is 137 Å². The molecule has 0 aliphatic carbocycles. The monoisotopic (exact) mass is 314 g/mol. The smallest absolute Gasteiger partial charge is 0.250 e. The molecule has 0 atom stereocenters. The summed E-state index contributed by atoms with van der Waals surface area (Å²) in [6, 6.07) is 13.6. The number of hydrogen-bond donors (Lipinski definition) is 0. The highest BCUT2D eigenvalue weighted by Crippen LogP contribution is 2.42. The molecule has 22 heavy (non-hydrogen) atoms. The van der Waals surface area contributed by atoms with Crippen molar-refractivity contribution in [1.29, 1.82) is 0 Å². The summed E-state index contributed by atoms with van der Waals surface area (Å²) in [5, 5.41) is 0. The number of benzene rings is 1. The molecule has 0 fully saturated rings. The third kappa shape index (κ3) is 3.82. The molecule has 0 saturated heterocycles. The highest BCUT2D eigenvalue weighted by atomic mass is 28.4. The van der Waals surface area contributed by atoms with Crippen LogP contribution in [-0.4, -0.2) is 8.32 Å². The summed E-state index contributed by atoms with van der Waals surface area (Å²) in [6.07, 6.45) is 0. The summed E-state index contributed by atoms with van der Waals surface area (Å²) >= 11 is 0. The van der Waals surface area contributed by atoms with Crippen molar-refractivity contribution >= 4 is 13.9 Å². The fourth-order valence-corrected chi connectivity index (χ4v) is 5.49. The van der Waals surface area contributed by atoms with Crippen molar-refractivity contribution in [3.63, 3.8) is 0 Å². The number of hydrogen-bond acceptors (Lipinski definition) is 1. The second-order valence-electron chi connectivity index (χ2n) is 6.31. The van der Waals surface area contributed by atoms with E-state index in [1.165, 1.54) is 0 Å². The zero-order valence-electron chi connectivity index (χ0n) is 14.8. The van der Waals surface area contributed by atoms with Crippen LogP contribution in [0.5, 0.6) is 0 Å². The summed E-state index contributed by atoms with van der Waals surface area (Å²) in [7, 11) is -1.71. The van der Waals surface area contributed by atoms with Crippen LogP contribution >= 0.6 is 0 Å². The lowest BCUT2D eigenvalue weighted by molar-refractivity contribution is 0.315. The van der Waals surface area contributed by atoms with E-state index in [1.54, 1.807) is 0 Å². The molecule has 0 N–H and O–H groups in total. The van der Waals surface area contributed by atoms with Gasteiger partial charge >= 0.3 is 0 Å². The summed E-state index contributed by atoms with van der Waals surface area (Å²) in [6.45, 7) is 19.2. The van der Waals surface area contributed by atoms with Gasteiger partial charge < -0.3 is 4.43 Å². The predicted octanol–water partition coefficient (Wildman–Crippen LogP) is 6.42. The van der Waals surface area contributed by atoms with Crippen molar-refractivity contribution in [2.75, 3.05) is 0 Å². The fraction of sp³-hybridized carbons (Fsp3) is 0.450. The van der Waals surface area contributed by atoms with Crippen molar-refractivity contribution in [2.24, 2.45) is 5.41 Å². The van der Waals surface area contributed by atoms with E-state index in [2.05, 4.69) is 65.6 Å². The van der Waals surface area contributed by atoms with Crippen molar-refractivity contribution < 1.29 is 4.43 Å². The van der Waals surface area contributed by atoms with E-state index in [9.17, 15) is 0 Å². The minimum atomic E-state index is -1.71. The first kappa shape index (κ1) is 18.5. The van der Waals surface area contributed by atoms with Gasteiger partial charge in [0, 0.05) is 5.57 Å². The summed E-state index contributed by atoms with van der Waals surface area (Å²) in [4.78, 5) is 0. The maximum Gasteiger partial charge on any atom is 0.250 e. The highest BCUT2D eigenvalue weighted by Gasteiger charge is 2.37. The largest absolute Gasteiger partial charge is 0.546 e. The predicted molar refractivity (Wildman–Crippen MR) is 100 cm³/mol. The molecule has 0 aliphatic rings. The maximum atomic E-state index is 6.51. The van der Waals surface area contributed by atoms with Crippen LogP contribution in [0.4, 0.5) is 0 Å². The Morgan fingerprint density at radius 1 is 1.09 bits per heavy atom. The molecule has 0 unspecified atom stereocenters. The second-order valence-corrected chi connectivity index (χ2v) is 11.0. The molecule has 1 rings (SSSR count). The van der Waals surface area contributed by atoms with Crippen LogP contribution in [0.15, 0.2) is 55.0 Å². The molecule has 1 nitrogen and oxygen atoms in total. The summed E-state index contributed by atoms with van der Waals surface area (Å²) in [5.41, 5.74) is 4.99. The lowest BCUT2D eigenvalue weighted by Crippen LogP contribution is -2.38. The Morgan fingerprint density at radius 3 is 2.00 bits per heavy atom. The highest BCUT2D eigenvalue weighted by molar-refractivity contribution is 6.73. The average Bonchev–Trinajstić information content (AvgIpc) is 2.54. The molecule has 120 valence electrons. The molecule has 0 saturated carbocycles. The van der Waals surface area contributed by atoms with Gasteiger partial charge in [0.1, 0.15) is 0 Å². The lowest BCUT2D eigenvalue weighted by Gasteiger charge is -2.37. The first-order chi connectivity index (χ1) is 10.4. The molecule has 1 aromatic carbocycles. The minimum Gasteiger partial charge on any atom is -0.546 e. The quantitative estimate of drug-likeness (QED) is 0.306. The van der Waals surface area contributed by atoms with Gasteiger partial charge in [-0.3, -0.25) is 0 Å². The van der Waals surface area contributed by atoms with Crippen LogP contribution in [0.25, 0.3) is 5.57 Å². The van der Waals surface area contributed by atoms with Gasteiger partial charge in [-0.05, 0) is 37.5 Å². The lowest BCUT2D eigenvalue weighted by atomic mass is 9.79. The molecule has 0 amide bonds. The molecular weight excluding hydrogens is 284 g/mol. The first-order valence-electron chi connectivity index (χ1n) is 8.21. The molecule has 0 aliphatic heterocycles. The Bertz CT molecular complexity index is 538. The zero-order chi connectivity index (χ0) is 16.8. The van der Waals surface area contributed by atoms with Gasteiger partial charge in [0.2, 0.25) is 8.32 Å². The van der Waals surface area contributed by atoms with E-state index < -0.39 is 8.32 Å². The number of rotatable bonds is 8. The maximum absolute atomic E-state index is 6.51. The van der Waals surface area contributed by atoms with Crippen LogP contribution in [0, 0.1) is 5.41 Å². The summed E-state index contributed by atoms with van der Waals surface area (Å²) in [5.74, 6) is 0.847. The van der Waals surface area contributed by atoms with Gasteiger partial charge in [-0.2, -0.15) is 0 Å². The molecule has 0 aromatic heterocycles. The second kappa shape index (κ2) is 7.67. The standard InChI is InChI=1S/C20H30OSi/c1-8-19(18-15-13-12-14-16-18)20(6,7)17(5)21-22(9-2,10-3)11-4/h12-16H,1,5,9-11H2,2-4,6-7H3. The minimum absolute atomic E-state index is 0.305. The molecule has 1 aromatic rings. The van der Waals surface area contributed by atoms with Crippen LogP contribution in [0.1, 0.15) is 40.2 Å². The molecular formula is C20H30OSi. The van der Waals surface area contributed by atoms with E-state index in [1.807, 2.05) is 18.2 Å². The number of allylic oxidation sites excluding steroid dienone is 1. The molecule has 0 heterocycles. The van der Waals surface area contributed by atoms with Crippen LogP contribution in [-0.2, 0) is 4.43 Å². The van der Waals surface area contributed by atoms with E-state index in [4.69, 9.17) is 4.43 Å². The SMILES string of the molecule is C=C=C(c1ccccc1)C(C)(C)C(=C)O[Si](CC)(CC)CC. The van der Waals surface area contributed by atoms with Crippen molar-refractivity contribution in [1.82, 2.24) is 0 Å². The molecule has 2 heteroatoms. The van der Waals surface area contributed by atoms with E-state index >= 15 is 0 Å². The van der Waals surface area contributed by atoms with Gasteiger partial charge in [0.15, 0.2) is 0 Å². The van der Waals surface area contributed by atoms with Crippen LogP contribution in [0.3, 0.4) is 0 Å². The third-order valence-corrected chi connectivity index (χ3v) is 9.38. The third-order valence-electron chi connectivity index (χ3n) is 4.83. The fourth-order valence-electron chi connectivity index (χ4n) is 2.78. The topological polar surface area (TPSA) is 9.23 Å². The summed E-state index contributed by atoms with van der Waals surface area (Å²) < 4.78 is 6.51. The van der Waals surface area contributed by atoms with Crippen LogP contribution in [0.2, 0.25) is 18.1 Å². The normalized spacial score (nSPS) is 11.7. The van der Waals surface area contributed by atoms with Gasteiger partial charge in [-0.25, -0.2) is 0 Å². The van der Waals surface area contributed by atoms with Gasteiger partial charge in [-0.1, -0.05) is 64.3 Å².